The van der Waals surface area contributed by atoms with Gasteiger partial charge in [0, 0.05) is 31.8 Å². The first-order valence-corrected chi connectivity index (χ1v) is 8.42. The van der Waals surface area contributed by atoms with Crippen LogP contribution in [0.3, 0.4) is 0 Å². The molecule has 0 atom stereocenters. The first-order valence-electron chi connectivity index (χ1n) is 6.81. The Morgan fingerprint density at radius 3 is 2.50 bits per heavy atom. The molecule has 18 heavy (non-hydrogen) atoms. The van der Waals surface area contributed by atoms with E-state index in [-0.39, 0.29) is 18.4 Å². The molecule has 0 amide bonds. The minimum atomic E-state index is -3.19. The highest BCUT2D eigenvalue weighted by Crippen LogP contribution is 2.27. The summed E-state index contributed by atoms with van der Waals surface area (Å²) in [6.45, 7) is 4.99. The third-order valence-corrected chi connectivity index (χ3v) is 5.20. The minimum Gasteiger partial charge on any atom is -0.396 e. The van der Waals surface area contributed by atoms with Crippen molar-refractivity contribution >= 4 is 10.0 Å². The van der Waals surface area contributed by atoms with E-state index in [2.05, 4.69) is 5.32 Å². The van der Waals surface area contributed by atoms with Gasteiger partial charge in [-0.25, -0.2) is 8.42 Å². The van der Waals surface area contributed by atoms with Crippen molar-refractivity contribution in [2.45, 2.75) is 51.6 Å². The maximum Gasteiger partial charge on any atom is 0.215 e. The highest BCUT2D eigenvalue weighted by molar-refractivity contribution is 7.89. The molecule has 1 aliphatic rings. The summed E-state index contributed by atoms with van der Waals surface area (Å²) < 4.78 is 26.1. The van der Waals surface area contributed by atoms with Crippen molar-refractivity contribution in [3.63, 3.8) is 0 Å². The number of hydrogen-bond acceptors (Lipinski definition) is 4. The monoisotopic (exact) mass is 278 g/mol. The van der Waals surface area contributed by atoms with E-state index in [1.54, 1.807) is 4.31 Å². The summed E-state index contributed by atoms with van der Waals surface area (Å²) in [6.07, 6.45) is 3.55. The van der Waals surface area contributed by atoms with Gasteiger partial charge in [-0.15, -0.1) is 0 Å². The normalized spacial score (nSPS) is 17.4. The third kappa shape index (κ3) is 4.84. The lowest BCUT2D eigenvalue weighted by Gasteiger charge is -2.36. The van der Waals surface area contributed by atoms with E-state index in [1.807, 2.05) is 13.8 Å². The van der Waals surface area contributed by atoms with Crippen LogP contribution in [0.15, 0.2) is 0 Å². The maximum absolute atomic E-state index is 12.3. The Kier molecular flexibility index (Phi) is 6.55. The highest BCUT2D eigenvalue weighted by Gasteiger charge is 2.32. The lowest BCUT2D eigenvalue weighted by Crippen LogP contribution is -2.47. The van der Waals surface area contributed by atoms with E-state index in [4.69, 9.17) is 5.11 Å². The molecule has 0 spiro atoms. The van der Waals surface area contributed by atoms with Crippen molar-refractivity contribution in [2.75, 3.05) is 25.4 Å². The number of sulfonamides is 1. The highest BCUT2D eigenvalue weighted by atomic mass is 32.2. The van der Waals surface area contributed by atoms with Gasteiger partial charge in [-0.1, -0.05) is 20.3 Å². The Hall–Kier alpha value is -0.170. The van der Waals surface area contributed by atoms with Crippen LogP contribution in [0.4, 0.5) is 0 Å². The zero-order chi connectivity index (χ0) is 13.6. The van der Waals surface area contributed by atoms with Crippen LogP contribution in [-0.2, 0) is 10.0 Å². The fourth-order valence-corrected chi connectivity index (χ4v) is 3.73. The van der Waals surface area contributed by atoms with Gasteiger partial charge in [-0.05, 0) is 19.3 Å². The van der Waals surface area contributed by atoms with Crippen LogP contribution < -0.4 is 5.32 Å². The van der Waals surface area contributed by atoms with Crippen LogP contribution in [0.2, 0.25) is 0 Å². The molecule has 0 heterocycles. The Morgan fingerprint density at radius 2 is 2.06 bits per heavy atom. The number of rotatable bonds is 9. The average Bonchev–Trinajstić information content (AvgIpc) is 2.20. The second-order valence-electron chi connectivity index (χ2n) is 5.20. The van der Waals surface area contributed by atoms with Crippen molar-refractivity contribution in [2.24, 2.45) is 0 Å². The Bertz CT molecular complexity index is 326. The van der Waals surface area contributed by atoms with Gasteiger partial charge in [0.15, 0.2) is 0 Å². The maximum atomic E-state index is 12.3. The standard InChI is InChI=1S/C12H26N2O3S/c1-11(2)13-7-10-18(16,17)14(8-4-9-15)12-5-3-6-12/h11-13,15H,3-10H2,1-2H3. The molecule has 0 aromatic rings. The van der Waals surface area contributed by atoms with Gasteiger partial charge >= 0.3 is 0 Å². The van der Waals surface area contributed by atoms with Gasteiger partial charge in [0.25, 0.3) is 0 Å². The molecule has 1 fully saturated rings. The molecule has 0 radical (unpaired) electrons. The molecule has 108 valence electrons. The summed E-state index contributed by atoms with van der Waals surface area (Å²) in [5, 5.41) is 12.0. The smallest absolute Gasteiger partial charge is 0.215 e. The first kappa shape index (κ1) is 15.9. The van der Waals surface area contributed by atoms with Crippen molar-refractivity contribution in [3.8, 4) is 0 Å². The molecule has 2 N–H and O–H groups in total. The minimum absolute atomic E-state index is 0.0446. The fraction of sp³-hybridized carbons (Fsp3) is 1.00. The fourth-order valence-electron chi connectivity index (χ4n) is 2.04. The van der Waals surface area contributed by atoms with E-state index in [0.29, 0.717) is 25.6 Å². The summed E-state index contributed by atoms with van der Waals surface area (Å²) in [5.74, 6) is 0.146. The van der Waals surface area contributed by atoms with Gasteiger partial charge in [0.1, 0.15) is 0 Å². The number of hydrogen-bond donors (Lipinski definition) is 2. The second-order valence-corrected chi connectivity index (χ2v) is 7.24. The summed E-state index contributed by atoms with van der Waals surface area (Å²) in [6, 6.07) is 0.468. The molecule has 6 heteroatoms. The molecule has 5 nitrogen and oxygen atoms in total. The summed E-state index contributed by atoms with van der Waals surface area (Å²) in [4.78, 5) is 0. The molecule has 1 saturated carbocycles. The van der Waals surface area contributed by atoms with Gasteiger partial charge in [0.2, 0.25) is 10.0 Å². The van der Waals surface area contributed by atoms with E-state index in [1.165, 1.54) is 0 Å². The third-order valence-electron chi connectivity index (χ3n) is 3.29. The van der Waals surface area contributed by atoms with Crippen molar-refractivity contribution in [1.82, 2.24) is 9.62 Å². The molecular weight excluding hydrogens is 252 g/mol. The van der Waals surface area contributed by atoms with E-state index >= 15 is 0 Å². The molecule has 0 aliphatic heterocycles. The molecular formula is C12H26N2O3S. The van der Waals surface area contributed by atoms with Gasteiger partial charge in [0.05, 0.1) is 5.75 Å². The number of aliphatic hydroxyl groups is 1. The Labute approximate surface area is 111 Å². The molecule has 0 aromatic carbocycles. The quantitative estimate of drug-likeness (QED) is 0.646. The Morgan fingerprint density at radius 1 is 1.39 bits per heavy atom. The van der Waals surface area contributed by atoms with Crippen LogP contribution >= 0.6 is 0 Å². The van der Waals surface area contributed by atoms with Crippen molar-refractivity contribution in [3.05, 3.63) is 0 Å². The van der Waals surface area contributed by atoms with Crippen molar-refractivity contribution in [1.29, 1.82) is 0 Å². The number of aliphatic hydroxyl groups excluding tert-OH is 1. The van der Waals surface area contributed by atoms with Crippen LogP contribution in [0.5, 0.6) is 0 Å². The largest absolute Gasteiger partial charge is 0.396 e. The predicted octanol–water partition coefficient (Wildman–Crippen LogP) is 0.551. The van der Waals surface area contributed by atoms with Gasteiger partial charge in [-0.3, -0.25) is 0 Å². The Balaban J connectivity index is 2.52. The van der Waals surface area contributed by atoms with Crippen LogP contribution in [-0.4, -0.2) is 55.4 Å². The van der Waals surface area contributed by atoms with E-state index in [9.17, 15) is 8.42 Å². The molecule has 0 bridgehead atoms. The van der Waals surface area contributed by atoms with Crippen LogP contribution in [0.25, 0.3) is 0 Å². The zero-order valence-electron chi connectivity index (χ0n) is 11.4. The summed E-state index contributed by atoms with van der Waals surface area (Å²) in [7, 11) is -3.19. The topological polar surface area (TPSA) is 69.6 Å². The van der Waals surface area contributed by atoms with Crippen LogP contribution in [0, 0.1) is 0 Å². The van der Waals surface area contributed by atoms with E-state index in [0.717, 1.165) is 19.3 Å². The number of nitrogens with one attached hydrogen (secondary N) is 1. The number of nitrogens with zero attached hydrogens (tertiary/aromatic N) is 1. The lowest BCUT2D eigenvalue weighted by atomic mass is 9.93. The molecule has 1 rings (SSSR count). The lowest BCUT2D eigenvalue weighted by molar-refractivity contribution is 0.198. The molecule has 0 aromatic heterocycles. The molecule has 1 aliphatic carbocycles. The van der Waals surface area contributed by atoms with Gasteiger partial charge < -0.3 is 10.4 Å². The summed E-state index contributed by atoms with van der Waals surface area (Å²) >= 11 is 0. The zero-order valence-corrected chi connectivity index (χ0v) is 12.2. The summed E-state index contributed by atoms with van der Waals surface area (Å²) in [5.41, 5.74) is 0. The van der Waals surface area contributed by atoms with Gasteiger partial charge in [-0.2, -0.15) is 4.31 Å². The molecule has 0 saturated heterocycles. The van der Waals surface area contributed by atoms with Crippen LogP contribution in [0.1, 0.15) is 39.5 Å². The average molecular weight is 278 g/mol. The van der Waals surface area contributed by atoms with Crippen molar-refractivity contribution < 1.29 is 13.5 Å². The first-order chi connectivity index (χ1) is 8.47. The predicted molar refractivity (Wildman–Crippen MR) is 73.0 cm³/mol. The molecule has 0 unspecified atom stereocenters. The SMILES string of the molecule is CC(C)NCCS(=O)(=O)N(CCCO)C1CCC1. The van der Waals surface area contributed by atoms with E-state index < -0.39 is 10.0 Å². The second kappa shape index (κ2) is 7.43.